The molecule has 1 rings (SSSR count). The number of ether oxygens (including phenoxy) is 2. The summed E-state index contributed by atoms with van der Waals surface area (Å²) >= 11 is 0. The molecule has 0 amide bonds. The third-order valence-corrected chi connectivity index (χ3v) is 4.10. The number of anilines is 1. The van der Waals surface area contributed by atoms with Crippen LogP contribution in [-0.4, -0.2) is 32.0 Å². The van der Waals surface area contributed by atoms with Gasteiger partial charge in [0.2, 0.25) is 0 Å². The molecule has 5 nitrogen and oxygen atoms in total. The van der Waals surface area contributed by atoms with Crippen molar-refractivity contribution < 1.29 is 19.1 Å². The standard InChI is InChI=1S/C21H31NO4/c1-4-6-7-8-9-10-11-17(16-23)20(21(24)26-5-2)22-18-12-14-19(25-3)15-13-18/h9-10,12-17,20,22H,4-8,11H2,1-3H3/t17-,20+/m1/s1. The van der Waals surface area contributed by atoms with Crippen molar-refractivity contribution in [3.8, 4) is 5.75 Å². The Labute approximate surface area is 156 Å². The van der Waals surface area contributed by atoms with Crippen molar-refractivity contribution in [1.82, 2.24) is 0 Å². The third-order valence-electron chi connectivity index (χ3n) is 4.10. The van der Waals surface area contributed by atoms with E-state index in [1.54, 1.807) is 26.2 Å². The van der Waals surface area contributed by atoms with Crippen LogP contribution in [0.1, 0.15) is 46.0 Å². The van der Waals surface area contributed by atoms with Crippen molar-refractivity contribution >= 4 is 17.9 Å². The predicted molar refractivity (Wildman–Crippen MR) is 104 cm³/mol. The first-order chi connectivity index (χ1) is 12.7. The Hall–Kier alpha value is -2.30. The highest BCUT2D eigenvalue weighted by Gasteiger charge is 2.28. The topological polar surface area (TPSA) is 64.6 Å². The Morgan fingerprint density at radius 3 is 2.46 bits per heavy atom. The Morgan fingerprint density at radius 2 is 1.88 bits per heavy atom. The quantitative estimate of drug-likeness (QED) is 0.244. The number of hydrogen-bond donors (Lipinski definition) is 1. The van der Waals surface area contributed by atoms with Crippen LogP contribution in [0.5, 0.6) is 5.75 Å². The zero-order valence-electron chi connectivity index (χ0n) is 16.1. The maximum absolute atomic E-state index is 12.4. The van der Waals surface area contributed by atoms with Crippen molar-refractivity contribution in [2.45, 2.75) is 52.0 Å². The molecule has 0 aliphatic heterocycles. The van der Waals surface area contributed by atoms with E-state index >= 15 is 0 Å². The van der Waals surface area contributed by atoms with Crippen LogP contribution in [0.4, 0.5) is 5.69 Å². The van der Waals surface area contributed by atoms with Gasteiger partial charge in [-0.25, -0.2) is 4.79 Å². The van der Waals surface area contributed by atoms with E-state index in [2.05, 4.69) is 18.3 Å². The first-order valence-electron chi connectivity index (χ1n) is 9.33. The molecule has 144 valence electrons. The minimum Gasteiger partial charge on any atom is -0.497 e. The maximum Gasteiger partial charge on any atom is 0.329 e. The monoisotopic (exact) mass is 361 g/mol. The number of carbonyl (C=O) groups excluding carboxylic acids is 2. The van der Waals surface area contributed by atoms with Gasteiger partial charge in [-0.2, -0.15) is 0 Å². The van der Waals surface area contributed by atoms with E-state index in [-0.39, 0.29) is 6.61 Å². The number of hydrogen-bond acceptors (Lipinski definition) is 5. The lowest BCUT2D eigenvalue weighted by Gasteiger charge is -2.23. The normalized spacial score (nSPS) is 13.2. The van der Waals surface area contributed by atoms with Crippen LogP contribution in [0.15, 0.2) is 36.4 Å². The number of rotatable bonds is 13. The summed E-state index contributed by atoms with van der Waals surface area (Å²) in [7, 11) is 1.60. The smallest absolute Gasteiger partial charge is 0.329 e. The van der Waals surface area contributed by atoms with E-state index in [4.69, 9.17) is 9.47 Å². The highest BCUT2D eigenvalue weighted by Crippen LogP contribution is 2.20. The minimum atomic E-state index is -0.721. The summed E-state index contributed by atoms with van der Waals surface area (Å²) in [5, 5.41) is 3.13. The number of benzene rings is 1. The molecule has 0 saturated heterocycles. The summed E-state index contributed by atoms with van der Waals surface area (Å²) in [4.78, 5) is 24.0. The molecule has 0 saturated carbocycles. The first kappa shape index (κ1) is 21.7. The molecule has 0 spiro atoms. The van der Waals surface area contributed by atoms with E-state index in [1.165, 1.54) is 12.8 Å². The van der Waals surface area contributed by atoms with Crippen molar-refractivity contribution in [2.24, 2.45) is 5.92 Å². The molecule has 1 aromatic carbocycles. The Morgan fingerprint density at radius 1 is 1.15 bits per heavy atom. The molecule has 0 unspecified atom stereocenters. The lowest BCUT2D eigenvalue weighted by Crippen LogP contribution is -2.39. The van der Waals surface area contributed by atoms with Gasteiger partial charge in [0.25, 0.3) is 0 Å². The van der Waals surface area contributed by atoms with Crippen LogP contribution >= 0.6 is 0 Å². The van der Waals surface area contributed by atoms with E-state index in [1.807, 2.05) is 18.2 Å². The fourth-order valence-electron chi connectivity index (χ4n) is 2.59. The fraction of sp³-hybridized carbons (Fsp3) is 0.524. The fourth-order valence-corrected chi connectivity index (χ4v) is 2.59. The van der Waals surface area contributed by atoms with E-state index < -0.39 is 17.9 Å². The SMILES string of the molecule is CCCCCC=CC[C@H](C=O)[C@H](Nc1ccc(OC)cc1)C(=O)OCC. The summed E-state index contributed by atoms with van der Waals surface area (Å²) in [5.74, 6) is -0.177. The number of aldehydes is 1. The van der Waals surface area contributed by atoms with Gasteiger partial charge in [0.1, 0.15) is 18.1 Å². The van der Waals surface area contributed by atoms with Gasteiger partial charge in [0.05, 0.1) is 13.7 Å². The van der Waals surface area contributed by atoms with Crippen LogP contribution in [0.25, 0.3) is 0 Å². The summed E-state index contributed by atoms with van der Waals surface area (Å²) < 4.78 is 10.3. The average Bonchev–Trinajstić information content (AvgIpc) is 2.67. The molecule has 26 heavy (non-hydrogen) atoms. The van der Waals surface area contributed by atoms with Crippen LogP contribution in [0.2, 0.25) is 0 Å². The lowest BCUT2D eigenvalue weighted by molar-refractivity contribution is -0.146. The van der Waals surface area contributed by atoms with Crippen LogP contribution in [0, 0.1) is 5.92 Å². The van der Waals surface area contributed by atoms with E-state index in [0.29, 0.717) is 6.42 Å². The molecular formula is C21H31NO4. The van der Waals surface area contributed by atoms with Gasteiger partial charge < -0.3 is 19.6 Å². The molecule has 0 bridgehead atoms. The summed E-state index contributed by atoms with van der Waals surface area (Å²) in [6.45, 7) is 4.20. The molecule has 0 aromatic heterocycles. The predicted octanol–water partition coefficient (Wildman–Crippen LogP) is 4.38. The van der Waals surface area contributed by atoms with Gasteiger partial charge >= 0.3 is 5.97 Å². The van der Waals surface area contributed by atoms with Crippen molar-refractivity contribution in [3.05, 3.63) is 36.4 Å². The third kappa shape index (κ3) is 7.72. The molecule has 0 aliphatic rings. The molecular weight excluding hydrogens is 330 g/mol. The number of esters is 1. The molecule has 0 fully saturated rings. The average molecular weight is 361 g/mol. The van der Waals surface area contributed by atoms with Crippen LogP contribution in [-0.2, 0) is 14.3 Å². The number of allylic oxidation sites excluding steroid dienone is 2. The number of unbranched alkanes of at least 4 members (excludes halogenated alkanes) is 3. The van der Waals surface area contributed by atoms with E-state index in [0.717, 1.165) is 30.6 Å². The molecule has 5 heteroatoms. The minimum absolute atomic E-state index is 0.276. The molecule has 0 heterocycles. The zero-order chi connectivity index (χ0) is 19.2. The largest absolute Gasteiger partial charge is 0.497 e. The van der Waals surface area contributed by atoms with Crippen LogP contribution in [0.3, 0.4) is 0 Å². The molecule has 1 N–H and O–H groups in total. The Balaban J connectivity index is 2.77. The van der Waals surface area contributed by atoms with Gasteiger partial charge in [-0.15, -0.1) is 0 Å². The second-order valence-corrected chi connectivity index (χ2v) is 6.11. The molecule has 1 aromatic rings. The summed E-state index contributed by atoms with van der Waals surface area (Å²) in [5.41, 5.74) is 0.739. The van der Waals surface area contributed by atoms with Gasteiger partial charge in [0.15, 0.2) is 0 Å². The lowest BCUT2D eigenvalue weighted by atomic mass is 9.96. The highest BCUT2D eigenvalue weighted by molar-refractivity contribution is 5.83. The van der Waals surface area contributed by atoms with Crippen molar-refractivity contribution in [2.75, 3.05) is 19.0 Å². The number of nitrogens with one attached hydrogen (secondary N) is 1. The number of carbonyl (C=O) groups is 2. The molecule has 0 aliphatic carbocycles. The zero-order valence-corrected chi connectivity index (χ0v) is 16.1. The first-order valence-corrected chi connectivity index (χ1v) is 9.33. The van der Waals surface area contributed by atoms with Crippen molar-refractivity contribution in [3.63, 3.8) is 0 Å². The van der Waals surface area contributed by atoms with Gasteiger partial charge in [0, 0.05) is 11.6 Å². The Bertz CT molecular complexity index is 554. The second-order valence-electron chi connectivity index (χ2n) is 6.11. The van der Waals surface area contributed by atoms with Crippen LogP contribution < -0.4 is 10.1 Å². The molecule has 2 atom stereocenters. The summed E-state index contributed by atoms with van der Waals surface area (Å²) in [6.07, 6.45) is 9.92. The van der Waals surface area contributed by atoms with Crippen molar-refractivity contribution in [1.29, 1.82) is 0 Å². The maximum atomic E-state index is 12.4. The van der Waals surface area contributed by atoms with Gasteiger partial charge in [-0.3, -0.25) is 0 Å². The van der Waals surface area contributed by atoms with Gasteiger partial charge in [-0.1, -0.05) is 31.9 Å². The highest BCUT2D eigenvalue weighted by atomic mass is 16.5. The van der Waals surface area contributed by atoms with Gasteiger partial charge in [-0.05, 0) is 50.5 Å². The number of methoxy groups -OCH3 is 1. The summed E-state index contributed by atoms with van der Waals surface area (Å²) in [6, 6.07) is 6.50. The van der Waals surface area contributed by atoms with E-state index in [9.17, 15) is 9.59 Å². The Kier molecular flexibility index (Phi) is 10.9. The molecule has 0 radical (unpaired) electrons. The second kappa shape index (κ2) is 13.0.